The number of thiophene rings is 1. The van der Waals surface area contributed by atoms with Crippen LogP contribution >= 0.6 is 11.3 Å². The number of benzene rings is 2. The predicted molar refractivity (Wildman–Crippen MR) is 106 cm³/mol. The van der Waals surface area contributed by atoms with Gasteiger partial charge in [0, 0.05) is 16.5 Å². The van der Waals surface area contributed by atoms with Crippen molar-refractivity contribution in [3.8, 4) is 33.8 Å². The molecule has 2 aromatic heterocycles. The molecule has 2 aromatic carbocycles. The van der Waals surface area contributed by atoms with E-state index in [1.54, 1.807) is 12.1 Å². The van der Waals surface area contributed by atoms with Crippen molar-refractivity contribution in [1.82, 2.24) is 4.98 Å². The first kappa shape index (κ1) is 16.9. The Morgan fingerprint density at radius 1 is 0.963 bits per heavy atom. The molecule has 0 aliphatic carbocycles. The van der Waals surface area contributed by atoms with Gasteiger partial charge in [-0.25, -0.2) is 0 Å². The minimum atomic E-state index is -0.527. The highest BCUT2D eigenvalue weighted by atomic mass is 32.1. The average Bonchev–Trinajstić information content (AvgIpc) is 3.09. The van der Waals surface area contributed by atoms with Crippen LogP contribution in [0.15, 0.2) is 63.9 Å². The molecular formula is C20H14N2O4S. The van der Waals surface area contributed by atoms with Crippen molar-refractivity contribution in [3.63, 3.8) is 0 Å². The molecule has 134 valence electrons. The first-order valence-electron chi connectivity index (χ1n) is 8.03. The Bertz CT molecular complexity index is 1220. The van der Waals surface area contributed by atoms with Gasteiger partial charge < -0.3 is 20.4 Å². The van der Waals surface area contributed by atoms with E-state index in [2.05, 4.69) is 10.1 Å². The topological polar surface area (TPSA) is 106 Å². The molecule has 4 rings (SSSR count). The molecule has 4 N–H and O–H groups in total. The lowest BCUT2D eigenvalue weighted by molar-refractivity contribution is 0.321. The molecule has 0 aliphatic rings. The molecule has 0 unspecified atom stereocenters. The first-order valence-corrected chi connectivity index (χ1v) is 8.91. The number of hydrogen-bond donors (Lipinski definition) is 4. The zero-order valence-corrected chi connectivity index (χ0v) is 14.7. The lowest BCUT2D eigenvalue weighted by Crippen LogP contribution is -2.11. The average molecular weight is 378 g/mol. The van der Waals surface area contributed by atoms with Crippen molar-refractivity contribution < 1.29 is 15.4 Å². The fourth-order valence-corrected chi connectivity index (χ4v) is 4.00. The van der Waals surface area contributed by atoms with Gasteiger partial charge in [-0.2, -0.15) is 0 Å². The van der Waals surface area contributed by atoms with E-state index >= 15 is 0 Å². The summed E-state index contributed by atoms with van der Waals surface area (Å²) in [6.07, 6.45) is 0.913. The van der Waals surface area contributed by atoms with Crippen LogP contribution in [0, 0.1) is 0 Å². The number of aromatic amines is 1. The minimum absolute atomic E-state index is 0.101. The summed E-state index contributed by atoms with van der Waals surface area (Å²) in [5.41, 5.74) is 2.56. The number of phenols is 1. The highest BCUT2D eigenvalue weighted by Crippen LogP contribution is 2.39. The highest BCUT2D eigenvalue weighted by Gasteiger charge is 2.17. The summed E-state index contributed by atoms with van der Waals surface area (Å²) in [6, 6.07) is 14.6. The number of aromatic nitrogens is 1. The minimum Gasteiger partial charge on any atom is -0.507 e. The Balaban J connectivity index is 1.85. The van der Waals surface area contributed by atoms with E-state index in [0.29, 0.717) is 10.2 Å². The van der Waals surface area contributed by atoms with Crippen LogP contribution in [-0.2, 0) is 0 Å². The lowest BCUT2D eigenvalue weighted by Gasteiger charge is -2.07. The molecule has 0 aliphatic heterocycles. The van der Waals surface area contributed by atoms with Crippen LogP contribution in [0.25, 0.3) is 32.5 Å². The lowest BCUT2D eigenvalue weighted by atomic mass is 9.99. The van der Waals surface area contributed by atoms with E-state index in [4.69, 9.17) is 5.21 Å². The quantitative estimate of drug-likeness (QED) is 0.244. The van der Waals surface area contributed by atoms with Gasteiger partial charge in [0.05, 0.1) is 11.6 Å². The highest BCUT2D eigenvalue weighted by molar-refractivity contribution is 7.17. The van der Waals surface area contributed by atoms with Crippen LogP contribution < -0.4 is 5.56 Å². The van der Waals surface area contributed by atoms with Crippen molar-refractivity contribution in [1.29, 1.82) is 0 Å². The van der Waals surface area contributed by atoms with Gasteiger partial charge in [0.15, 0.2) is 0 Å². The number of nitrogens with zero attached hydrogens (tertiary/aromatic N) is 1. The van der Waals surface area contributed by atoms with Gasteiger partial charge >= 0.3 is 0 Å². The Morgan fingerprint density at radius 2 is 1.63 bits per heavy atom. The summed E-state index contributed by atoms with van der Waals surface area (Å²) < 4.78 is 0. The summed E-state index contributed by atoms with van der Waals surface area (Å²) in [5.74, 6) is -0.0260. The van der Waals surface area contributed by atoms with Crippen molar-refractivity contribution >= 4 is 27.8 Å². The maximum atomic E-state index is 12.0. The maximum Gasteiger partial charge on any atom is 0.261 e. The van der Waals surface area contributed by atoms with Gasteiger partial charge in [0.1, 0.15) is 21.9 Å². The molecule has 0 bridgehead atoms. The Morgan fingerprint density at radius 3 is 2.30 bits per heavy atom. The van der Waals surface area contributed by atoms with E-state index < -0.39 is 5.56 Å². The monoisotopic (exact) mass is 378 g/mol. The third kappa shape index (κ3) is 2.84. The number of fused-ring (bicyclic) bond motifs is 1. The number of phenolic OH excluding ortho intramolecular Hbond substituents is 1. The molecule has 0 radical (unpaired) electrons. The van der Waals surface area contributed by atoms with Crippen molar-refractivity contribution in [2.45, 2.75) is 0 Å². The second-order valence-electron chi connectivity index (χ2n) is 5.91. The Kier molecular flexibility index (Phi) is 4.13. The number of hydrogen-bond acceptors (Lipinski definition) is 6. The van der Waals surface area contributed by atoms with Gasteiger partial charge in [0.2, 0.25) is 0 Å². The van der Waals surface area contributed by atoms with Crippen LogP contribution in [0.5, 0.6) is 11.5 Å². The third-order valence-electron chi connectivity index (χ3n) is 4.35. The van der Waals surface area contributed by atoms with Gasteiger partial charge in [-0.05, 0) is 17.2 Å². The van der Waals surface area contributed by atoms with E-state index in [-0.39, 0.29) is 17.1 Å². The van der Waals surface area contributed by atoms with Crippen molar-refractivity contribution in [3.05, 3.63) is 69.8 Å². The number of rotatable bonds is 3. The van der Waals surface area contributed by atoms with Crippen LogP contribution in [0.1, 0.15) is 5.56 Å². The Labute approximate surface area is 157 Å². The van der Waals surface area contributed by atoms with Crippen LogP contribution in [-0.4, -0.2) is 26.6 Å². The van der Waals surface area contributed by atoms with Gasteiger partial charge in [-0.3, -0.25) is 4.79 Å². The summed E-state index contributed by atoms with van der Waals surface area (Å²) in [7, 11) is 0. The van der Waals surface area contributed by atoms with E-state index in [0.717, 1.165) is 28.5 Å². The predicted octanol–water partition coefficient (Wildman–Crippen LogP) is 4.14. The van der Waals surface area contributed by atoms with Crippen LogP contribution in [0.2, 0.25) is 0 Å². The zero-order valence-electron chi connectivity index (χ0n) is 13.9. The number of oxime groups is 1. The van der Waals surface area contributed by atoms with Crippen molar-refractivity contribution in [2.24, 2.45) is 5.16 Å². The third-order valence-corrected chi connectivity index (χ3v) is 5.25. The fraction of sp³-hybridized carbons (Fsp3) is 0. The van der Waals surface area contributed by atoms with Gasteiger partial charge in [-0.15, -0.1) is 11.3 Å². The fourth-order valence-electron chi connectivity index (χ4n) is 3.03. The molecule has 0 saturated carbocycles. The molecule has 0 fully saturated rings. The largest absolute Gasteiger partial charge is 0.507 e. The maximum absolute atomic E-state index is 12.0. The molecular weight excluding hydrogens is 364 g/mol. The zero-order chi connectivity index (χ0) is 19.0. The van der Waals surface area contributed by atoms with Crippen LogP contribution in [0.4, 0.5) is 0 Å². The number of para-hydroxylation sites is 1. The SMILES string of the molecule is O=c1[nH]c2scc(-c3ccc(-c4ccccc4O)cc3)c2c(O)c1C=NO. The van der Waals surface area contributed by atoms with Crippen LogP contribution in [0.3, 0.4) is 0 Å². The smallest absolute Gasteiger partial charge is 0.261 e. The van der Waals surface area contributed by atoms with E-state index in [1.807, 2.05) is 41.8 Å². The number of nitrogens with one attached hydrogen (secondary N) is 1. The molecule has 0 amide bonds. The van der Waals surface area contributed by atoms with E-state index in [9.17, 15) is 15.0 Å². The molecule has 27 heavy (non-hydrogen) atoms. The van der Waals surface area contributed by atoms with Gasteiger partial charge in [-0.1, -0.05) is 47.6 Å². The molecule has 0 atom stereocenters. The summed E-state index contributed by atoms with van der Waals surface area (Å²) >= 11 is 1.30. The molecule has 0 spiro atoms. The normalized spacial score (nSPS) is 11.4. The van der Waals surface area contributed by atoms with Crippen molar-refractivity contribution in [2.75, 3.05) is 0 Å². The molecule has 2 heterocycles. The number of aromatic hydroxyl groups is 2. The molecule has 0 saturated heterocycles. The molecule has 4 aromatic rings. The van der Waals surface area contributed by atoms with Gasteiger partial charge in [0.25, 0.3) is 5.56 Å². The standard InChI is InChI=1S/C20H14N2O4S/c23-16-4-2-1-3-13(16)11-5-7-12(8-6-11)15-10-27-20-17(15)18(24)14(9-21-26)19(25)22-20/h1-10,23,26H,(H2,22,24,25). The summed E-state index contributed by atoms with van der Waals surface area (Å²) in [6.45, 7) is 0. The summed E-state index contributed by atoms with van der Waals surface area (Å²) in [4.78, 5) is 15.2. The number of H-pyrrole nitrogens is 1. The second kappa shape index (κ2) is 6.62. The van der Waals surface area contributed by atoms with E-state index in [1.165, 1.54) is 11.3 Å². The molecule has 7 heteroatoms. The summed E-state index contributed by atoms with van der Waals surface area (Å²) in [5, 5.41) is 34.4. The second-order valence-corrected chi connectivity index (χ2v) is 6.79. The first-order chi connectivity index (χ1) is 13.1. The Hall–Kier alpha value is -3.58. The number of pyridine rings is 1. The molecule has 6 nitrogen and oxygen atoms in total.